The van der Waals surface area contributed by atoms with Crippen molar-refractivity contribution in [1.82, 2.24) is 4.72 Å². The van der Waals surface area contributed by atoms with Gasteiger partial charge in [-0.25, -0.2) is 13.1 Å². The fourth-order valence-electron chi connectivity index (χ4n) is 2.10. The number of anilines is 1. The SMILES string of the molecule is CC(=O)Nc1ccc(S(=O)(=O)NCC2CC(O)C2)cc1. The fourth-order valence-corrected chi connectivity index (χ4v) is 3.21. The van der Waals surface area contributed by atoms with Crippen LogP contribution in [0.25, 0.3) is 0 Å². The Morgan fingerprint density at radius 3 is 2.40 bits per heavy atom. The number of rotatable bonds is 5. The highest BCUT2D eigenvalue weighted by Gasteiger charge is 2.28. The summed E-state index contributed by atoms with van der Waals surface area (Å²) in [5, 5.41) is 11.7. The summed E-state index contributed by atoms with van der Waals surface area (Å²) in [6, 6.07) is 5.98. The lowest BCUT2D eigenvalue weighted by molar-refractivity contribution is -0.114. The van der Waals surface area contributed by atoms with Crippen molar-refractivity contribution >= 4 is 21.6 Å². The summed E-state index contributed by atoms with van der Waals surface area (Å²) in [5.41, 5.74) is 0.554. The van der Waals surface area contributed by atoms with E-state index in [-0.39, 0.29) is 22.8 Å². The normalized spacial score (nSPS) is 22.1. The van der Waals surface area contributed by atoms with Gasteiger partial charge in [0.2, 0.25) is 15.9 Å². The second kappa shape index (κ2) is 5.90. The highest BCUT2D eigenvalue weighted by Crippen LogP contribution is 2.26. The maximum atomic E-state index is 12.0. The van der Waals surface area contributed by atoms with E-state index in [1.54, 1.807) is 12.1 Å². The molecule has 0 bridgehead atoms. The third kappa shape index (κ3) is 3.78. The van der Waals surface area contributed by atoms with Crippen LogP contribution in [-0.2, 0) is 14.8 Å². The van der Waals surface area contributed by atoms with Crippen molar-refractivity contribution in [2.24, 2.45) is 5.92 Å². The van der Waals surface area contributed by atoms with Gasteiger partial charge in [0, 0.05) is 19.2 Å². The van der Waals surface area contributed by atoms with Gasteiger partial charge in [0.15, 0.2) is 0 Å². The minimum Gasteiger partial charge on any atom is -0.393 e. The molecule has 110 valence electrons. The van der Waals surface area contributed by atoms with Gasteiger partial charge >= 0.3 is 0 Å². The molecule has 1 aromatic carbocycles. The molecule has 0 unspecified atom stereocenters. The zero-order valence-electron chi connectivity index (χ0n) is 11.2. The topological polar surface area (TPSA) is 95.5 Å². The molecule has 0 aromatic heterocycles. The third-order valence-corrected chi connectivity index (χ3v) is 4.70. The van der Waals surface area contributed by atoms with Gasteiger partial charge < -0.3 is 10.4 Å². The number of benzene rings is 1. The molecule has 0 atom stereocenters. The van der Waals surface area contributed by atoms with Gasteiger partial charge in [-0.2, -0.15) is 0 Å². The van der Waals surface area contributed by atoms with Crippen molar-refractivity contribution in [3.63, 3.8) is 0 Å². The molecule has 1 fully saturated rings. The monoisotopic (exact) mass is 298 g/mol. The fraction of sp³-hybridized carbons (Fsp3) is 0.462. The Labute approximate surface area is 118 Å². The number of aliphatic hydroxyl groups excluding tert-OH is 1. The zero-order valence-corrected chi connectivity index (χ0v) is 12.0. The first kappa shape index (κ1) is 15.0. The van der Waals surface area contributed by atoms with Crippen LogP contribution in [0.2, 0.25) is 0 Å². The zero-order chi connectivity index (χ0) is 14.8. The lowest BCUT2D eigenvalue weighted by Crippen LogP contribution is -2.38. The van der Waals surface area contributed by atoms with E-state index in [2.05, 4.69) is 10.0 Å². The first-order valence-electron chi connectivity index (χ1n) is 6.42. The summed E-state index contributed by atoms with van der Waals surface area (Å²) in [4.78, 5) is 11.0. The standard InChI is InChI=1S/C13H18N2O4S/c1-9(16)15-11-2-4-13(5-3-11)20(18,19)14-8-10-6-12(17)7-10/h2-5,10,12,14,17H,6-8H2,1H3,(H,15,16). The summed E-state index contributed by atoms with van der Waals surface area (Å²) < 4.78 is 26.6. The van der Waals surface area contributed by atoms with Gasteiger partial charge in [-0.15, -0.1) is 0 Å². The Morgan fingerprint density at radius 1 is 1.30 bits per heavy atom. The number of carbonyl (C=O) groups is 1. The van der Waals surface area contributed by atoms with Crippen molar-refractivity contribution in [1.29, 1.82) is 0 Å². The van der Waals surface area contributed by atoms with Gasteiger partial charge in [0.1, 0.15) is 0 Å². The minimum absolute atomic E-state index is 0.159. The van der Waals surface area contributed by atoms with Crippen LogP contribution in [0.4, 0.5) is 5.69 Å². The molecule has 0 aliphatic heterocycles. The van der Waals surface area contributed by atoms with Gasteiger partial charge in [-0.1, -0.05) is 0 Å². The summed E-state index contributed by atoms with van der Waals surface area (Å²) >= 11 is 0. The highest BCUT2D eigenvalue weighted by molar-refractivity contribution is 7.89. The van der Waals surface area contributed by atoms with E-state index in [0.29, 0.717) is 25.1 Å². The first-order valence-corrected chi connectivity index (χ1v) is 7.90. The second-order valence-electron chi connectivity index (χ2n) is 5.05. The minimum atomic E-state index is -3.54. The Balaban J connectivity index is 1.96. The Kier molecular flexibility index (Phi) is 4.42. The van der Waals surface area contributed by atoms with Crippen LogP contribution in [0.1, 0.15) is 19.8 Å². The highest BCUT2D eigenvalue weighted by atomic mass is 32.2. The number of hydrogen-bond acceptors (Lipinski definition) is 4. The number of carbonyl (C=O) groups excluding carboxylic acids is 1. The van der Waals surface area contributed by atoms with Crippen LogP contribution in [0.5, 0.6) is 0 Å². The third-order valence-electron chi connectivity index (χ3n) is 3.26. The molecular formula is C13H18N2O4S. The number of amides is 1. The first-order chi connectivity index (χ1) is 9.37. The van der Waals surface area contributed by atoms with Crippen molar-refractivity contribution in [3.8, 4) is 0 Å². The van der Waals surface area contributed by atoms with E-state index in [1.807, 2.05) is 0 Å². The predicted octanol–water partition coefficient (Wildman–Crippen LogP) is 0.694. The van der Waals surface area contributed by atoms with Crippen molar-refractivity contribution in [2.45, 2.75) is 30.8 Å². The van der Waals surface area contributed by atoms with E-state index >= 15 is 0 Å². The second-order valence-corrected chi connectivity index (χ2v) is 6.82. The van der Waals surface area contributed by atoms with E-state index < -0.39 is 10.0 Å². The van der Waals surface area contributed by atoms with Gasteiger partial charge in [0.05, 0.1) is 11.0 Å². The van der Waals surface area contributed by atoms with Crippen LogP contribution >= 0.6 is 0 Å². The molecule has 1 amide bonds. The largest absolute Gasteiger partial charge is 0.393 e. The van der Waals surface area contributed by atoms with Gasteiger partial charge in [-0.05, 0) is 43.0 Å². The van der Waals surface area contributed by atoms with Crippen LogP contribution in [0.3, 0.4) is 0 Å². The Morgan fingerprint density at radius 2 is 1.90 bits per heavy atom. The summed E-state index contributed by atoms with van der Waals surface area (Å²) in [5.74, 6) is 0.000649. The molecule has 2 rings (SSSR count). The summed E-state index contributed by atoms with van der Waals surface area (Å²) in [6.45, 7) is 1.73. The van der Waals surface area contributed by atoms with E-state index in [9.17, 15) is 13.2 Å². The molecule has 0 spiro atoms. The van der Waals surface area contributed by atoms with Crippen molar-refractivity contribution < 1.29 is 18.3 Å². The van der Waals surface area contributed by atoms with Gasteiger partial charge in [0.25, 0.3) is 0 Å². The maximum absolute atomic E-state index is 12.0. The number of nitrogens with one attached hydrogen (secondary N) is 2. The molecule has 20 heavy (non-hydrogen) atoms. The number of sulfonamides is 1. The van der Waals surface area contributed by atoms with Gasteiger partial charge in [-0.3, -0.25) is 4.79 Å². The average Bonchev–Trinajstić information content (AvgIpc) is 2.33. The molecular weight excluding hydrogens is 280 g/mol. The van der Waals surface area contributed by atoms with E-state index in [1.165, 1.54) is 19.1 Å². The molecule has 0 radical (unpaired) electrons. The molecule has 1 aliphatic rings. The molecule has 7 heteroatoms. The van der Waals surface area contributed by atoms with E-state index in [4.69, 9.17) is 5.11 Å². The molecule has 1 aromatic rings. The van der Waals surface area contributed by atoms with E-state index in [0.717, 1.165) is 0 Å². The predicted molar refractivity (Wildman–Crippen MR) is 74.7 cm³/mol. The summed E-state index contributed by atoms with van der Waals surface area (Å²) in [6.07, 6.45) is 0.995. The molecule has 6 nitrogen and oxygen atoms in total. The molecule has 1 saturated carbocycles. The molecule has 0 heterocycles. The Hall–Kier alpha value is -1.44. The summed E-state index contributed by atoms with van der Waals surface area (Å²) in [7, 11) is -3.54. The van der Waals surface area contributed by atoms with Crippen LogP contribution in [0, 0.1) is 5.92 Å². The number of hydrogen-bond donors (Lipinski definition) is 3. The Bertz CT molecular complexity index is 577. The number of aliphatic hydroxyl groups is 1. The van der Waals surface area contributed by atoms with Crippen molar-refractivity contribution in [2.75, 3.05) is 11.9 Å². The maximum Gasteiger partial charge on any atom is 0.240 e. The quantitative estimate of drug-likeness (QED) is 0.745. The lowest BCUT2D eigenvalue weighted by Gasteiger charge is -2.31. The molecule has 3 N–H and O–H groups in total. The van der Waals surface area contributed by atoms with Crippen LogP contribution < -0.4 is 10.0 Å². The molecule has 1 aliphatic carbocycles. The smallest absolute Gasteiger partial charge is 0.240 e. The lowest BCUT2D eigenvalue weighted by atomic mass is 9.83. The van der Waals surface area contributed by atoms with Crippen molar-refractivity contribution in [3.05, 3.63) is 24.3 Å². The molecule has 0 saturated heterocycles. The van der Waals surface area contributed by atoms with Crippen LogP contribution in [-0.4, -0.2) is 32.1 Å². The van der Waals surface area contributed by atoms with Crippen LogP contribution in [0.15, 0.2) is 29.2 Å². The average molecular weight is 298 g/mol.